The van der Waals surface area contributed by atoms with Gasteiger partial charge in [-0.05, 0) is 55.3 Å². The first-order valence-electron chi connectivity index (χ1n) is 9.17. The largest absolute Gasteiger partial charge is 0.438 e. The number of furan rings is 1. The summed E-state index contributed by atoms with van der Waals surface area (Å²) in [6.45, 7) is 0.904. The zero-order valence-corrected chi connectivity index (χ0v) is 14.7. The van der Waals surface area contributed by atoms with Gasteiger partial charge >= 0.3 is 0 Å². The Hall–Kier alpha value is -3.21. The topological polar surface area (TPSA) is 43.3 Å². The van der Waals surface area contributed by atoms with Gasteiger partial charge in [-0.2, -0.15) is 4.98 Å². The van der Waals surface area contributed by atoms with E-state index in [1.807, 2.05) is 36.4 Å². The van der Waals surface area contributed by atoms with Crippen LogP contribution in [0.25, 0.3) is 22.4 Å². The Kier molecular flexibility index (Phi) is 3.85. The molecule has 0 atom stereocenters. The predicted molar refractivity (Wildman–Crippen MR) is 102 cm³/mol. The van der Waals surface area contributed by atoms with Crippen LogP contribution in [0.3, 0.4) is 0 Å². The number of benzene rings is 2. The summed E-state index contributed by atoms with van der Waals surface area (Å²) >= 11 is 0. The minimum absolute atomic E-state index is 0.265. The summed E-state index contributed by atoms with van der Waals surface area (Å²) in [5, 5.41) is 0.879. The number of halogens is 1. The van der Waals surface area contributed by atoms with Crippen LogP contribution in [0.4, 0.5) is 10.1 Å². The second-order valence-electron chi connectivity index (χ2n) is 6.74. The van der Waals surface area contributed by atoms with Gasteiger partial charge in [0.1, 0.15) is 22.9 Å². The van der Waals surface area contributed by atoms with Gasteiger partial charge in [-0.25, -0.2) is 9.38 Å². The van der Waals surface area contributed by atoms with Crippen LogP contribution in [0.2, 0.25) is 0 Å². The van der Waals surface area contributed by atoms with Crippen molar-refractivity contribution in [1.82, 2.24) is 9.55 Å². The van der Waals surface area contributed by atoms with Crippen molar-refractivity contribution in [3.8, 4) is 11.3 Å². The number of hydrogen-bond acceptors (Lipinski definition) is 3. The Balaban J connectivity index is 1.77. The molecule has 134 valence electrons. The second-order valence-corrected chi connectivity index (χ2v) is 6.74. The summed E-state index contributed by atoms with van der Waals surface area (Å²) in [5.74, 6) is 1.41. The Bertz CT molecular complexity index is 1170. The lowest BCUT2D eigenvalue weighted by Crippen LogP contribution is -2.28. The molecular weight excluding hydrogens is 341 g/mol. The Morgan fingerprint density at radius 1 is 1.00 bits per heavy atom. The van der Waals surface area contributed by atoms with E-state index in [1.165, 1.54) is 12.1 Å². The van der Waals surface area contributed by atoms with E-state index in [0.717, 1.165) is 53.8 Å². The number of nitrogens with zero attached hydrogens (tertiary/aromatic N) is 3. The van der Waals surface area contributed by atoms with Gasteiger partial charge in [0, 0.05) is 18.5 Å². The number of aryl methyl sites for hydroxylation is 1. The van der Waals surface area contributed by atoms with Crippen LogP contribution in [0.5, 0.6) is 0 Å². The molecule has 0 saturated heterocycles. The van der Waals surface area contributed by atoms with Crippen LogP contribution in [0.15, 0.2) is 70.1 Å². The number of rotatable bonds is 2. The summed E-state index contributed by atoms with van der Waals surface area (Å²) in [6.07, 6.45) is 3.15. The molecule has 5 rings (SSSR count). The molecule has 1 aliphatic rings. The Labute approximate surface area is 155 Å². The highest BCUT2D eigenvalue weighted by Crippen LogP contribution is 2.27. The average molecular weight is 359 g/mol. The van der Waals surface area contributed by atoms with Crippen molar-refractivity contribution in [2.45, 2.75) is 25.8 Å². The molecule has 0 fully saturated rings. The molecule has 4 nitrogen and oxygen atoms in total. The highest BCUT2D eigenvalue weighted by molar-refractivity contribution is 5.79. The van der Waals surface area contributed by atoms with Gasteiger partial charge in [0.2, 0.25) is 5.71 Å². The third kappa shape index (κ3) is 2.95. The van der Waals surface area contributed by atoms with Crippen LogP contribution < -0.4 is 5.49 Å². The molecule has 0 unspecified atom stereocenters. The highest BCUT2D eigenvalue weighted by Gasteiger charge is 2.17. The lowest BCUT2D eigenvalue weighted by Gasteiger charge is -2.18. The van der Waals surface area contributed by atoms with Gasteiger partial charge in [0.25, 0.3) is 0 Å². The molecule has 0 N–H and O–H groups in total. The first-order chi connectivity index (χ1) is 13.3. The van der Waals surface area contributed by atoms with Crippen molar-refractivity contribution in [3.63, 3.8) is 0 Å². The quantitative estimate of drug-likeness (QED) is 0.505. The normalized spacial score (nSPS) is 14.5. The number of aromatic nitrogens is 2. The van der Waals surface area contributed by atoms with Gasteiger partial charge in [-0.15, -0.1) is 0 Å². The minimum Gasteiger partial charge on any atom is -0.438 e. The second kappa shape index (κ2) is 6.50. The van der Waals surface area contributed by atoms with Gasteiger partial charge < -0.3 is 8.98 Å². The maximum atomic E-state index is 13.3. The van der Waals surface area contributed by atoms with E-state index in [4.69, 9.17) is 14.4 Å². The van der Waals surface area contributed by atoms with Gasteiger partial charge in [0.05, 0.1) is 11.1 Å². The van der Waals surface area contributed by atoms with Crippen molar-refractivity contribution in [1.29, 1.82) is 0 Å². The molecule has 1 aliphatic heterocycles. The molecule has 0 bridgehead atoms. The summed E-state index contributed by atoms with van der Waals surface area (Å²) in [4.78, 5) is 9.65. The SMILES string of the molecule is Fc1ccc(-c2cc3c(=Nc4ccccc4)n4c(nc3o2)CCCC4)cc1. The minimum atomic E-state index is -0.265. The van der Waals surface area contributed by atoms with E-state index in [-0.39, 0.29) is 5.82 Å². The molecule has 4 aromatic rings. The third-order valence-electron chi connectivity index (χ3n) is 4.90. The van der Waals surface area contributed by atoms with Crippen molar-refractivity contribution in [3.05, 3.63) is 77.8 Å². The molecule has 2 aromatic heterocycles. The van der Waals surface area contributed by atoms with E-state index in [9.17, 15) is 4.39 Å². The first kappa shape index (κ1) is 16.0. The summed E-state index contributed by atoms with van der Waals surface area (Å²) < 4.78 is 21.5. The van der Waals surface area contributed by atoms with E-state index in [0.29, 0.717) is 11.5 Å². The van der Waals surface area contributed by atoms with Crippen LogP contribution in [-0.4, -0.2) is 9.55 Å². The standard InChI is InChI=1S/C22H18FN3O/c23-16-11-9-15(10-12-16)19-14-18-21(24-17-6-2-1-3-7-17)26-13-5-4-8-20(26)25-22(18)27-19/h1-3,6-7,9-12,14H,4-5,8,13H2. The van der Waals surface area contributed by atoms with Crippen molar-refractivity contribution in [2.24, 2.45) is 4.99 Å². The number of fused-ring (bicyclic) bond motifs is 2. The first-order valence-corrected chi connectivity index (χ1v) is 9.17. The van der Waals surface area contributed by atoms with Gasteiger partial charge in [0.15, 0.2) is 0 Å². The zero-order chi connectivity index (χ0) is 18.2. The molecule has 0 aliphatic carbocycles. The summed E-state index contributed by atoms with van der Waals surface area (Å²) in [6, 6.07) is 18.2. The van der Waals surface area contributed by atoms with E-state index < -0.39 is 0 Å². The lowest BCUT2D eigenvalue weighted by molar-refractivity contribution is 0.490. The maximum absolute atomic E-state index is 13.3. The molecule has 0 radical (unpaired) electrons. The molecule has 2 aromatic carbocycles. The van der Waals surface area contributed by atoms with Crippen molar-refractivity contribution < 1.29 is 8.81 Å². The smallest absolute Gasteiger partial charge is 0.232 e. The number of para-hydroxylation sites is 1. The van der Waals surface area contributed by atoms with Crippen LogP contribution in [0.1, 0.15) is 18.7 Å². The number of hydrogen-bond donors (Lipinski definition) is 0. The van der Waals surface area contributed by atoms with E-state index in [1.54, 1.807) is 12.1 Å². The van der Waals surface area contributed by atoms with Crippen LogP contribution in [0, 0.1) is 5.82 Å². The zero-order valence-electron chi connectivity index (χ0n) is 14.7. The fourth-order valence-electron chi connectivity index (χ4n) is 3.55. The molecule has 27 heavy (non-hydrogen) atoms. The van der Waals surface area contributed by atoms with Crippen LogP contribution in [-0.2, 0) is 13.0 Å². The fourth-order valence-corrected chi connectivity index (χ4v) is 3.55. The Morgan fingerprint density at radius 2 is 1.81 bits per heavy atom. The van der Waals surface area contributed by atoms with Crippen molar-refractivity contribution in [2.75, 3.05) is 0 Å². The van der Waals surface area contributed by atoms with Crippen molar-refractivity contribution >= 4 is 16.8 Å². The molecule has 3 heterocycles. The molecule has 5 heteroatoms. The molecule has 0 saturated carbocycles. The lowest BCUT2D eigenvalue weighted by atomic mass is 10.1. The fraction of sp³-hybridized carbons (Fsp3) is 0.182. The van der Waals surface area contributed by atoms with Crippen LogP contribution >= 0.6 is 0 Å². The molecule has 0 spiro atoms. The maximum Gasteiger partial charge on any atom is 0.232 e. The van der Waals surface area contributed by atoms with Gasteiger partial charge in [-0.3, -0.25) is 0 Å². The van der Waals surface area contributed by atoms with E-state index in [2.05, 4.69) is 4.57 Å². The molecular formula is C22H18FN3O. The van der Waals surface area contributed by atoms with Gasteiger partial charge in [-0.1, -0.05) is 18.2 Å². The Morgan fingerprint density at radius 3 is 2.63 bits per heavy atom. The highest BCUT2D eigenvalue weighted by atomic mass is 19.1. The summed E-state index contributed by atoms with van der Waals surface area (Å²) in [7, 11) is 0. The molecule has 0 amide bonds. The predicted octanol–water partition coefficient (Wildman–Crippen LogP) is 5.00. The van der Waals surface area contributed by atoms with E-state index >= 15 is 0 Å². The monoisotopic (exact) mass is 359 g/mol. The average Bonchev–Trinajstić information content (AvgIpc) is 3.13. The third-order valence-corrected chi connectivity index (χ3v) is 4.90. The summed E-state index contributed by atoms with van der Waals surface area (Å²) in [5.41, 5.74) is 3.17.